The zero-order valence-corrected chi connectivity index (χ0v) is 12.0. The molecule has 2 heterocycles. The summed E-state index contributed by atoms with van der Waals surface area (Å²) in [4.78, 5) is 30.1. The summed E-state index contributed by atoms with van der Waals surface area (Å²) in [6, 6.07) is 4.99. The van der Waals surface area contributed by atoms with Crippen LogP contribution in [0.15, 0.2) is 29.3 Å². The Hall–Kier alpha value is -2.25. The van der Waals surface area contributed by atoms with Gasteiger partial charge in [0.05, 0.1) is 29.9 Å². The zero-order valence-electron chi connectivity index (χ0n) is 12.0. The third-order valence-electron chi connectivity index (χ3n) is 3.49. The molecule has 0 aliphatic carbocycles. The van der Waals surface area contributed by atoms with Crippen LogP contribution in [0.25, 0.3) is 10.9 Å². The third-order valence-corrected chi connectivity index (χ3v) is 3.49. The fourth-order valence-corrected chi connectivity index (χ4v) is 2.40. The first-order valence-electron chi connectivity index (χ1n) is 7.19. The lowest BCUT2D eigenvalue weighted by Crippen LogP contribution is -2.22. The van der Waals surface area contributed by atoms with Gasteiger partial charge < -0.3 is 19.8 Å². The number of carbonyl (C=O) groups is 1. The van der Waals surface area contributed by atoms with Crippen LogP contribution in [0.4, 0.5) is 5.69 Å². The lowest BCUT2D eigenvalue weighted by atomic mass is 10.2. The molecule has 2 aromatic rings. The van der Waals surface area contributed by atoms with Gasteiger partial charge in [-0.2, -0.15) is 0 Å². The van der Waals surface area contributed by atoms with Crippen LogP contribution in [0, 0.1) is 0 Å². The Bertz CT molecular complexity index is 722. The Balaban J connectivity index is 1.56. The van der Waals surface area contributed by atoms with E-state index in [0.717, 1.165) is 19.4 Å². The molecule has 1 unspecified atom stereocenters. The quantitative estimate of drug-likeness (QED) is 0.861. The number of fused-ring (bicyclic) bond motifs is 1. The number of anilines is 1. The van der Waals surface area contributed by atoms with E-state index in [1.165, 1.54) is 6.33 Å². The topological polar surface area (TPSA) is 93.3 Å². The van der Waals surface area contributed by atoms with Gasteiger partial charge in [-0.25, -0.2) is 4.98 Å². The first-order valence-corrected chi connectivity index (χ1v) is 7.19. The number of aromatic amines is 1. The molecule has 1 aromatic carbocycles. The molecule has 1 aliphatic rings. The predicted octanol–water partition coefficient (Wildman–Crippen LogP) is 1.06. The largest absolute Gasteiger partial charge is 0.376 e. The second kappa shape index (κ2) is 6.67. The Morgan fingerprint density at radius 2 is 2.41 bits per heavy atom. The van der Waals surface area contributed by atoms with Crippen LogP contribution in [0.3, 0.4) is 0 Å². The number of H-pyrrole nitrogens is 1. The lowest BCUT2D eigenvalue weighted by molar-refractivity contribution is -0.121. The van der Waals surface area contributed by atoms with Gasteiger partial charge in [-0.3, -0.25) is 9.59 Å². The predicted molar refractivity (Wildman–Crippen MR) is 80.8 cm³/mol. The molecule has 1 saturated heterocycles. The van der Waals surface area contributed by atoms with Crippen molar-refractivity contribution in [2.75, 3.05) is 25.1 Å². The molecule has 1 aromatic heterocycles. The number of hydrogen-bond donors (Lipinski definition) is 2. The number of hydrogen-bond acceptors (Lipinski definition) is 5. The van der Waals surface area contributed by atoms with Crippen molar-refractivity contribution < 1.29 is 14.3 Å². The van der Waals surface area contributed by atoms with E-state index < -0.39 is 0 Å². The average Bonchev–Trinajstić information content (AvgIpc) is 3.01. The van der Waals surface area contributed by atoms with Crippen LogP contribution in [-0.4, -0.2) is 41.8 Å². The van der Waals surface area contributed by atoms with Crippen LogP contribution in [0.2, 0.25) is 0 Å². The molecule has 0 radical (unpaired) electrons. The molecule has 7 heteroatoms. The highest BCUT2D eigenvalue weighted by molar-refractivity contribution is 5.94. The Morgan fingerprint density at radius 1 is 1.50 bits per heavy atom. The average molecular weight is 303 g/mol. The van der Waals surface area contributed by atoms with Crippen LogP contribution < -0.4 is 10.9 Å². The number of nitrogens with one attached hydrogen (secondary N) is 2. The molecular formula is C15H17N3O4. The molecule has 0 bridgehead atoms. The van der Waals surface area contributed by atoms with E-state index in [2.05, 4.69) is 15.3 Å². The summed E-state index contributed by atoms with van der Waals surface area (Å²) in [7, 11) is 0. The molecule has 2 N–H and O–H groups in total. The summed E-state index contributed by atoms with van der Waals surface area (Å²) >= 11 is 0. The fourth-order valence-electron chi connectivity index (χ4n) is 2.40. The van der Waals surface area contributed by atoms with Crippen LogP contribution in [0.5, 0.6) is 0 Å². The van der Waals surface area contributed by atoms with Crippen molar-refractivity contribution in [1.82, 2.24) is 9.97 Å². The number of ether oxygens (including phenoxy) is 2. The third kappa shape index (κ3) is 3.49. The van der Waals surface area contributed by atoms with E-state index in [-0.39, 0.29) is 24.2 Å². The maximum Gasteiger partial charge on any atom is 0.258 e. The van der Waals surface area contributed by atoms with Gasteiger partial charge in [0, 0.05) is 12.3 Å². The van der Waals surface area contributed by atoms with Gasteiger partial charge in [-0.05, 0) is 31.0 Å². The van der Waals surface area contributed by atoms with Crippen molar-refractivity contribution in [3.63, 3.8) is 0 Å². The zero-order chi connectivity index (χ0) is 15.4. The van der Waals surface area contributed by atoms with Crippen LogP contribution in [0.1, 0.15) is 12.8 Å². The molecule has 1 amide bonds. The summed E-state index contributed by atoms with van der Waals surface area (Å²) in [5, 5.41) is 3.13. The highest BCUT2D eigenvalue weighted by Gasteiger charge is 2.16. The first-order chi connectivity index (χ1) is 10.7. The highest BCUT2D eigenvalue weighted by Crippen LogP contribution is 2.14. The van der Waals surface area contributed by atoms with Gasteiger partial charge in [0.15, 0.2) is 0 Å². The molecule has 1 fully saturated rings. The smallest absolute Gasteiger partial charge is 0.258 e. The SMILES string of the molecule is O=C(COCC1CCCO1)Nc1ccc2nc[nH]c(=O)c2c1. The van der Waals surface area contributed by atoms with E-state index in [1.807, 2.05) is 0 Å². The molecular weight excluding hydrogens is 286 g/mol. The minimum absolute atomic E-state index is 0.0404. The van der Waals surface area contributed by atoms with Gasteiger partial charge in [-0.15, -0.1) is 0 Å². The van der Waals surface area contributed by atoms with E-state index >= 15 is 0 Å². The van der Waals surface area contributed by atoms with Gasteiger partial charge in [0.25, 0.3) is 5.56 Å². The molecule has 1 aliphatic heterocycles. The molecule has 1 atom stereocenters. The molecule has 0 saturated carbocycles. The minimum Gasteiger partial charge on any atom is -0.376 e. The number of rotatable bonds is 5. The standard InChI is InChI=1S/C15H17N3O4/c19-14(8-21-7-11-2-1-5-22-11)18-10-3-4-13-12(6-10)15(20)17-9-16-13/h3-4,6,9,11H,1-2,5,7-8H2,(H,18,19)(H,16,17,20). The normalized spacial score (nSPS) is 17.7. The van der Waals surface area contributed by atoms with Crippen molar-refractivity contribution in [2.24, 2.45) is 0 Å². The van der Waals surface area contributed by atoms with Crippen molar-refractivity contribution in [3.8, 4) is 0 Å². The highest BCUT2D eigenvalue weighted by atomic mass is 16.5. The Kier molecular flexibility index (Phi) is 4.45. The maximum absolute atomic E-state index is 11.8. The van der Waals surface area contributed by atoms with Gasteiger partial charge in [0.1, 0.15) is 6.61 Å². The van der Waals surface area contributed by atoms with Gasteiger partial charge in [-0.1, -0.05) is 0 Å². The van der Waals surface area contributed by atoms with E-state index in [0.29, 0.717) is 23.2 Å². The Morgan fingerprint density at radius 3 is 3.23 bits per heavy atom. The summed E-state index contributed by atoms with van der Waals surface area (Å²) < 4.78 is 10.8. The number of amides is 1. The van der Waals surface area contributed by atoms with Gasteiger partial charge >= 0.3 is 0 Å². The van der Waals surface area contributed by atoms with Crippen LogP contribution in [-0.2, 0) is 14.3 Å². The van der Waals surface area contributed by atoms with E-state index in [4.69, 9.17) is 9.47 Å². The van der Waals surface area contributed by atoms with Crippen molar-refractivity contribution in [1.29, 1.82) is 0 Å². The number of carbonyl (C=O) groups excluding carboxylic acids is 1. The van der Waals surface area contributed by atoms with Crippen molar-refractivity contribution in [2.45, 2.75) is 18.9 Å². The fraction of sp³-hybridized carbons (Fsp3) is 0.400. The summed E-state index contributed by atoms with van der Waals surface area (Å²) in [5.74, 6) is -0.266. The van der Waals surface area contributed by atoms with Crippen molar-refractivity contribution in [3.05, 3.63) is 34.9 Å². The van der Waals surface area contributed by atoms with E-state index in [9.17, 15) is 9.59 Å². The maximum atomic E-state index is 11.8. The number of nitrogens with zero attached hydrogens (tertiary/aromatic N) is 1. The monoisotopic (exact) mass is 303 g/mol. The molecule has 22 heavy (non-hydrogen) atoms. The van der Waals surface area contributed by atoms with Gasteiger partial charge in [0.2, 0.25) is 5.91 Å². The van der Waals surface area contributed by atoms with Crippen molar-refractivity contribution >= 4 is 22.5 Å². The summed E-state index contributed by atoms with van der Waals surface area (Å²) in [6.45, 7) is 1.15. The molecule has 7 nitrogen and oxygen atoms in total. The second-order valence-corrected chi connectivity index (χ2v) is 5.16. The summed E-state index contributed by atoms with van der Waals surface area (Å²) in [5.41, 5.74) is 0.879. The summed E-state index contributed by atoms with van der Waals surface area (Å²) in [6.07, 6.45) is 3.46. The second-order valence-electron chi connectivity index (χ2n) is 5.16. The number of benzene rings is 1. The molecule has 3 rings (SSSR count). The Labute approximate surface area is 126 Å². The lowest BCUT2D eigenvalue weighted by Gasteiger charge is -2.10. The minimum atomic E-state index is -0.266. The first kappa shape index (κ1) is 14.7. The number of aromatic nitrogens is 2. The molecule has 0 spiro atoms. The van der Waals surface area contributed by atoms with E-state index in [1.54, 1.807) is 18.2 Å². The van der Waals surface area contributed by atoms with Crippen LogP contribution >= 0.6 is 0 Å². The molecule has 116 valence electrons.